The fourth-order valence-corrected chi connectivity index (χ4v) is 2.54. The normalized spacial score (nSPS) is 12.3. The Morgan fingerprint density at radius 3 is 2.62 bits per heavy atom. The van der Waals surface area contributed by atoms with Crippen LogP contribution in [0.2, 0.25) is 0 Å². The van der Waals surface area contributed by atoms with Gasteiger partial charge in [-0.05, 0) is 43.3 Å². The molecule has 0 radical (unpaired) electrons. The Hall–Kier alpha value is -2.46. The van der Waals surface area contributed by atoms with Crippen molar-refractivity contribution in [3.8, 4) is 5.69 Å². The van der Waals surface area contributed by atoms with Crippen LogP contribution in [0.3, 0.4) is 0 Å². The summed E-state index contributed by atoms with van der Waals surface area (Å²) in [5.41, 5.74) is 4.43. The van der Waals surface area contributed by atoms with E-state index in [-0.39, 0.29) is 6.04 Å². The summed E-state index contributed by atoms with van der Waals surface area (Å²) in [5.74, 6) is 0. The van der Waals surface area contributed by atoms with E-state index in [2.05, 4.69) is 40.5 Å². The molecule has 0 saturated carbocycles. The molecule has 1 aromatic carbocycles. The van der Waals surface area contributed by atoms with E-state index in [1.54, 1.807) is 0 Å². The van der Waals surface area contributed by atoms with E-state index < -0.39 is 0 Å². The lowest BCUT2D eigenvalue weighted by Crippen LogP contribution is -2.21. The predicted octanol–water partition coefficient (Wildman–Crippen LogP) is 2.88. The minimum Gasteiger partial charge on any atom is -0.308 e. The van der Waals surface area contributed by atoms with Gasteiger partial charge < -0.3 is 5.32 Å². The summed E-state index contributed by atoms with van der Waals surface area (Å²) in [7, 11) is 1.95. The van der Waals surface area contributed by atoms with Crippen molar-refractivity contribution in [1.82, 2.24) is 20.1 Å². The molecule has 4 heteroatoms. The van der Waals surface area contributed by atoms with Gasteiger partial charge in [0.25, 0.3) is 0 Å². The van der Waals surface area contributed by atoms with E-state index in [0.29, 0.717) is 0 Å². The quantitative estimate of drug-likeness (QED) is 0.798. The fraction of sp³-hybridized carbons (Fsp3) is 0.176. The van der Waals surface area contributed by atoms with Gasteiger partial charge in [0, 0.05) is 18.6 Å². The summed E-state index contributed by atoms with van der Waals surface area (Å²) in [5, 5.41) is 7.82. The molecule has 2 aromatic heterocycles. The van der Waals surface area contributed by atoms with Gasteiger partial charge in [-0.15, -0.1) is 0 Å². The first kappa shape index (κ1) is 13.5. The van der Waals surface area contributed by atoms with Crippen molar-refractivity contribution in [3.63, 3.8) is 0 Å². The first-order valence-electron chi connectivity index (χ1n) is 6.98. The Bertz CT molecular complexity index is 718. The minimum atomic E-state index is 0.0557. The van der Waals surface area contributed by atoms with Crippen molar-refractivity contribution >= 4 is 0 Å². The monoisotopic (exact) mass is 278 g/mol. The summed E-state index contributed by atoms with van der Waals surface area (Å²) < 4.78 is 1.96. The number of nitrogens with zero attached hydrogens (tertiary/aromatic N) is 3. The average Bonchev–Trinajstić information content (AvgIpc) is 2.98. The fourth-order valence-electron chi connectivity index (χ4n) is 2.54. The molecule has 1 N–H and O–H groups in total. The highest BCUT2D eigenvalue weighted by atomic mass is 15.3. The van der Waals surface area contributed by atoms with E-state index in [1.807, 2.05) is 54.6 Å². The summed E-state index contributed by atoms with van der Waals surface area (Å²) in [4.78, 5) is 4.30. The van der Waals surface area contributed by atoms with Gasteiger partial charge in [0.1, 0.15) is 0 Å². The third kappa shape index (κ3) is 2.71. The average molecular weight is 278 g/mol. The van der Waals surface area contributed by atoms with Crippen LogP contribution in [0.5, 0.6) is 0 Å². The Labute approximate surface area is 124 Å². The first-order valence-corrected chi connectivity index (χ1v) is 6.98. The lowest BCUT2D eigenvalue weighted by molar-refractivity contribution is 0.635. The SMILES string of the molecule is CNC(c1cncc(C)c1)c1ccnn1-c1ccccc1. The lowest BCUT2D eigenvalue weighted by Gasteiger charge is -2.18. The van der Waals surface area contributed by atoms with Gasteiger partial charge in [0.05, 0.1) is 17.4 Å². The van der Waals surface area contributed by atoms with Crippen LogP contribution < -0.4 is 5.32 Å². The highest BCUT2D eigenvalue weighted by Gasteiger charge is 2.17. The van der Waals surface area contributed by atoms with Crippen LogP contribution in [0, 0.1) is 6.92 Å². The molecule has 0 aliphatic rings. The van der Waals surface area contributed by atoms with Gasteiger partial charge in [-0.3, -0.25) is 4.98 Å². The molecule has 0 aliphatic heterocycles. The molecule has 2 heterocycles. The van der Waals surface area contributed by atoms with E-state index in [9.17, 15) is 0 Å². The lowest BCUT2D eigenvalue weighted by atomic mass is 10.0. The van der Waals surface area contributed by atoms with Crippen molar-refractivity contribution < 1.29 is 0 Å². The topological polar surface area (TPSA) is 42.7 Å². The van der Waals surface area contributed by atoms with Crippen LogP contribution in [-0.4, -0.2) is 21.8 Å². The number of hydrogen-bond donors (Lipinski definition) is 1. The zero-order valence-electron chi connectivity index (χ0n) is 12.2. The molecular weight excluding hydrogens is 260 g/mol. The Kier molecular flexibility index (Phi) is 3.79. The summed E-state index contributed by atoms with van der Waals surface area (Å²) in [6, 6.07) is 14.4. The first-order chi connectivity index (χ1) is 10.3. The molecule has 4 nitrogen and oxygen atoms in total. The van der Waals surface area contributed by atoms with E-state index in [4.69, 9.17) is 0 Å². The summed E-state index contributed by atoms with van der Waals surface area (Å²) in [6.45, 7) is 2.05. The Balaban J connectivity index is 2.05. The third-order valence-electron chi connectivity index (χ3n) is 3.49. The Morgan fingerprint density at radius 1 is 1.10 bits per heavy atom. The largest absolute Gasteiger partial charge is 0.308 e. The number of aryl methyl sites for hydroxylation is 1. The second kappa shape index (κ2) is 5.89. The summed E-state index contributed by atoms with van der Waals surface area (Å²) in [6.07, 6.45) is 5.59. The van der Waals surface area contributed by atoms with Crippen LogP contribution in [0.25, 0.3) is 5.69 Å². The molecule has 21 heavy (non-hydrogen) atoms. The van der Waals surface area contributed by atoms with Crippen LogP contribution in [0.4, 0.5) is 0 Å². The van der Waals surface area contributed by atoms with Gasteiger partial charge in [-0.25, -0.2) is 4.68 Å². The van der Waals surface area contributed by atoms with Crippen LogP contribution in [0.1, 0.15) is 22.9 Å². The molecule has 1 atom stereocenters. The number of nitrogens with one attached hydrogen (secondary N) is 1. The molecule has 3 rings (SSSR count). The Morgan fingerprint density at radius 2 is 1.90 bits per heavy atom. The van der Waals surface area contributed by atoms with Gasteiger partial charge in [0.15, 0.2) is 0 Å². The maximum atomic E-state index is 4.46. The van der Waals surface area contributed by atoms with Crippen molar-refractivity contribution in [3.05, 3.63) is 77.9 Å². The van der Waals surface area contributed by atoms with Crippen LogP contribution in [-0.2, 0) is 0 Å². The molecule has 1 unspecified atom stereocenters. The van der Waals surface area contributed by atoms with Gasteiger partial charge in [-0.1, -0.05) is 24.3 Å². The second-order valence-electron chi connectivity index (χ2n) is 5.02. The van der Waals surface area contributed by atoms with Crippen LogP contribution >= 0.6 is 0 Å². The zero-order chi connectivity index (χ0) is 14.7. The smallest absolute Gasteiger partial charge is 0.0765 e. The van der Waals surface area contributed by atoms with Gasteiger partial charge in [0.2, 0.25) is 0 Å². The van der Waals surface area contributed by atoms with E-state index in [0.717, 1.165) is 22.5 Å². The number of para-hydroxylation sites is 1. The van der Waals surface area contributed by atoms with Crippen molar-refractivity contribution in [2.75, 3.05) is 7.05 Å². The molecule has 0 spiro atoms. The third-order valence-corrected chi connectivity index (χ3v) is 3.49. The maximum Gasteiger partial charge on any atom is 0.0765 e. The molecule has 106 valence electrons. The highest BCUT2D eigenvalue weighted by molar-refractivity contribution is 5.36. The summed E-state index contributed by atoms with van der Waals surface area (Å²) >= 11 is 0. The van der Waals surface area contributed by atoms with E-state index >= 15 is 0 Å². The van der Waals surface area contributed by atoms with Gasteiger partial charge >= 0.3 is 0 Å². The number of hydrogen-bond acceptors (Lipinski definition) is 3. The molecule has 0 saturated heterocycles. The van der Waals surface area contributed by atoms with Gasteiger partial charge in [-0.2, -0.15) is 5.10 Å². The molecule has 3 aromatic rings. The highest BCUT2D eigenvalue weighted by Crippen LogP contribution is 2.23. The standard InChI is InChI=1S/C17H18N4/c1-13-10-14(12-19-11-13)17(18-2)16-8-9-20-21(16)15-6-4-3-5-7-15/h3-12,17-18H,1-2H3. The number of rotatable bonds is 4. The molecular formula is C17H18N4. The number of pyridine rings is 1. The van der Waals surface area contributed by atoms with Crippen molar-refractivity contribution in [2.45, 2.75) is 13.0 Å². The predicted molar refractivity (Wildman–Crippen MR) is 83.4 cm³/mol. The minimum absolute atomic E-state index is 0.0557. The number of benzene rings is 1. The maximum absolute atomic E-state index is 4.46. The molecule has 0 aliphatic carbocycles. The van der Waals surface area contributed by atoms with Crippen molar-refractivity contribution in [2.24, 2.45) is 0 Å². The van der Waals surface area contributed by atoms with Crippen LogP contribution in [0.15, 0.2) is 61.1 Å². The second-order valence-corrected chi connectivity index (χ2v) is 5.02. The van der Waals surface area contributed by atoms with E-state index in [1.165, 1.54) is 0 Å². The zero-order valence-corrected chi connectivity index (χ0v) is 12.2. The molecule has 0 amide bonds. The van der Waals surface area contributed by atoms with Crippen molar-refractivity contribution in [1.29, 1.82) is 0 Å². The molecule has 0 fully saturated rings. The molecule has 0 bridgehead atoms. The number of aromatic nitrogens is 3.